The van der Waals surface area contributed by atoms with Crippen LogP contribution in [0.3, 0.4) is 0 Å². The number of rotatable bonds is 4. The van der Waals surface area contributed by atoms with E-state index >= 15 is 0 Å². The van der Waals surface area contributed by atoms with Gasteiger partial charge in [-0.25, -0.2) is 8.42 Å². The van der Waals surface area contributed by atoms with E-state index in [1.54, 1.807) is 18.2 Å². The minimum Gasteiger partial charge on any atom is -0.324 e. The SMILES string of the molecule is Cc1cccc(NC(=O)C2(S(=O)(=O)c3ccc(Cl)cc3)CCCC2)c1C. The van der Waals surface area contributed by atoms with Crippen LogP contribution in [0.5, 0.6) is 0 Å². The number of sulfone groups is 1. The Balaban J connectivity index is 2.01. The molecule has 3 rings (SSSR count). The molecule has 0 radical (unpaired) electrons. The average Bonchev–Trinajstić information content (AvgIpc) is 3.11. The van der Waals surface area contributed by atoms with Crippen molar-refractivity contribution in [1.82, 2.24) is 0 Å². The topological polar surface area (TPSA) is 63.2 Å². The molecule has 0 spiro atoms. The second-order valence-electron chi connectivity index (χ2n) is 6.86. The zero-order valence-corrected chi connectivity index (χ0v) is 16.5. The van der Waals surface area contributed by atoms with Gasteiger partial charge in [0.25, 0.3) is 0 Å². The Morgan fingerprint density at radius 1 is 1.04 bits per heavy atom. The van der Waals surface area contributed by atoms with E-state index in [1.165, 1.54) is 12.1 Å². The molecular formula is C20H22ClNO3S. The Morgan fingerprint density at radius 2 is 1.65 bits per heavy atom. The van der Waals surface area contributed by atoms with Crippen molar-refractivity contribution >= 4 is 33.0 Å². The molecule has 6 heteroatoms. The van der Waals surface area contributed by atoms with Crippen LogP contribution in [0.15, 0.2) is 47.4 Å². The van der Waals surface area contributed by atoms with Crippen molar-refractivity contribution in [3.63, 3.8) is 0 Å². The first-order chi connectivity index (χ1) is 12.3. The van der Waals surface area contributed by atoms with Gasteiger partial charge in [-0.05, 0) is 68.1 Å². The van der Waals surface area contributed by atoms with Gasteiger partial charge in [0.2, 0.25) is 5.91 Å². The summed E-state index contributed by atoms with van der Waals surface area (Å²) in [6.07, 6.45) is 2.09. The number of hydrogen-bond donors (Lipinski definition) is 1. The number of hydrogen-bond acceptors (Lipinski definition) is 3. The number of carbonyl (C=O) groups excluding carboxylic acids is 1. The van der Waals surface area contributed by atoms with Gasteiger partial charge in [0.05, 0.1) is 4.90 Å². The van der Waals surface area contributed by atoms with Gasteiger partial charge in [-0.3, -0.25) is 4.79 Å². The summed E-state index contributed by atoms with van der Waals surface area (Å²) in [5.41, 5.74) is 2.65. The maximum atomic E-state index is 13.3. The highest BCUT2D eigenvalue weighted by Crippen LogP contribution is 2.41. The van der Waals surface area contributed by atoms with E-state index in [4.69, 9.17) is 11.6 Å². The second-order valence-corrected chi connectivity index (χ2v) is 9.56. The highest BCUT2D eigenvalue weighted by atomic mass is 35.5. The number of amides is 1. The van der Waals surface area contributed by atoms with Crippen LogP contribution in [0, 0.1) is 13.8 Å². The molecule has 138 valence electrons. The summed E-state index contributed by atoms with van der Waals surface area (Å²) in [6, 6.07) is 11.6. The number of aryl methyl sites for hydroxylation is 1. The fourth-order valence-electron chi connectivity index (χ4n) is 3.53. The Labute approximate surface area is 159 Å². The molecule has 0 heterocycles. The van der Waals surface area contributed by atoms with Gasteiger partial charge >= 0.3 is 0 Å². The van der Waals surface area contributed by atoms with E-state index in [0.29, 0.717) is 36.4 Å². The molecule has 0 atom stereocenters. The number of benzene rings is 2. The van der Waals surface area contributed by atoms with Gasteiger partial charge in [0.15, 0.2) is 14.6 Å². The fraction of sp³-hybridized carbons (Fsp3) is 0.350. The van der Waals surface area contributed by atoms with Crippen molar-refractivity contribution in [3.8, 4) is 0 Å². The highest BCUT2D eigenvalue weighted by Gasteiger charge is 2.53. The number of anilines is 1. The first-order valence-corrected chi connectivity index (χ1v) is 10.5. The van der Waals surface area contributed by atoms with Crippen molar-refractivity contribution in [1.29, 1.82) is 0 Å². The third kappa shape index (κ3) is 3.14. The molecular weight excluding hydrogens is 370 g/mol. The maximum absolute atomic E-state index is 13.3. The lowest BCUT2D eigenvalue weighted by molar-refractivity contribution is -0.118. The molecule has 1 fully saturated rings. The van der Waals surface area contributed by atoms with Crippen LogP contribution < -0.4 is 5.32 Å². The Bertz CT molecular complexity index is 930. The van der Waals surface area contributed by atoms with Crippen molar-refractivity contribution < 1.29 is 13.2 Å². The van der Waals surface area contributed by atoms with E-state index in [9.17, 15) is 13.2 Å². The van der Waals surface area contributed by atoms with Crippen molar-refractivity contribution in [2.75, 3.05) is 5.32 Å². The van der Waals surface area contributed by atoms with Crippen molar-refractivity contribution in [2.45, 2.75) is 49.2 Å². The molecule has 0 bridgehead atoms. The normalized spacial score (nSPS) is 16.4. The molecule has 4 nitrogen and oxygen atoms in total. The summed E-state index contributed by atoms with van der Waals surface area (Å²) in [4.78, 5) is 13.3. The quantitative estimate of drug-likeness (QED) is 0.822. The molecule has 0 saturated heterocycles. The highest BCUT2D eigenvalue weighted by molar-refractivity contribution is 7.93. The van der Waals surface area contributed by atoms with Crippen molar-refractivity contribution in [3.05, 3.63) is 58.6 Å². The van der Waals surface area contributed by atoms with E-state index in [-0.39, 0.29) is 4.90 Å². The van der Waals surface area contributed by atoms with Gasteiger partial charge in [-0.2, -0.15) is 0 Å². The lowest BCUT2D eigenvalue weighted by Crippen LogP contribution is -2.47. The summed E-state index contributed by atoms with van der Waals surface area (Å²) in [5, 5.41) is 3.34. The predicted molar refractivity (Wildman–Crippen MR) is 104 cm³/mol. The molecule has 1 saturated carbocycles. The fourth-order valence-corrected chi connectivity index (χ4v) is 5.72. The Morgan fingerprint density at radius 3 is 2.27 bits per heavy atom. The lowest BCUT2D eigenvalue weighted by atomic mass is 10.0. The zero-order valence-electron chi connectivity index (χ0n) is 14.9. The summed E-state index contributed by atoms with van der Waals surface area (Å²) in [6.45, 7) is 3.88. The van der Waals surface area contributed by atoms with Crippen LogP contribution in [-0.4, -0.2) is 19.1 Å². The van der Waals surface area contributed by atoms with Crippen LogP contribution in [0.4, 0.5) is 5.69 Å². The van der Waals surface area contributed by atoms with Crippen LogP contribution in [0.1, 0.15) is 36.8 Å². The average molecular weight is 392 g/mol. The third-order valence-corrected chi connectivity index (χ3v) is 8.08. The first kappa shape index (κ1) is 18.9. The van der Waals surface area contributed by atoms with Gasteiger partial charge in [0, 0.05) is 10.7 Å². The van der Waals surface area contributed by atoms with E-state index in [0.717, 1.165) is 11.1 Å². The molecule has 0 aromatic heterocycles. The minimum atomic E-state index is -3.83. The maximum Gasteiger partial charge on any atom is 0.246 e. The lowest BCUT2D eigenvalue weighted by Gasteiger charge is -2.28. The van der Waals surface area contributed by atoms with E-state index < -0.39 is 20.5 Å². The Kier molecular flexibility index (Phi) is 5.13. The predicted octanol–water partition coefficient (Wildman–Crippen LogP) is 4.68. The minimum absolute atomic E-state index is 0.139. The van der Waals surface area contributed by atoms with Gasteiger partial charge in [-0.1, -0.05) is 36.6 Å². The molecule has 0 aliphatic heterocycles. The van der Waals surface area contributed by atoms with Crippen molar-refractivity contribution in [2.24, 2.45) is 0 Å². The third-order valence-electron chi connectivity index (χ3n) is 5.32. The molecule has 1 amide bonds. The summed E-state index contributed by atoms with van der Waals surface area (Å²) in [7, 11) is -3.83. The largest absolute Gasteiger partial charge is 0.324 e. The summed E-state index contributed by atoms with van der Waals surface area (Å²) < 4.78 is 25.3. The summed E-state index contributed by atoms with van der Waals surface area (Å²) >= 11 is 5.88. The molecule has 1 N–H and O–H groups in total. The Hall–Kier alpha value is -1.85. The number of nitrogens with one attached hydrogen (secondary N) is 1. The number of halogens is 1. The van der Waals surface area contributed by atoms with E-state index in [2.05, 4.69) is 5.32 Å². The van der Waals surface area contributed by atoms with Crippen LogP contribution >= 0.6 is 11.6 Å². The standard InChI is InChI=1S/C20H22ClNO3S/c1-14-6-5-7-18(15(14)2)22-19(23)20(12-3-4-13-20)26(24,25)17-10-8-16(21)9-11-17/h5-11H,3-4,12-13H2,1-2H3,(H,22,23). The number of carbonyl (C=O) groups is 1. The first-order valence-electron chi connectivity index (χ1n) is 8.66. The molecule has 26 heavy (non-hydrogen) atoms. The monoisotopic (exact) mass is 391 g/mol. The van der Waals surface area contributed by atoms with E-state index in [1.807, 2.05) is 26.0 Å². The van der Waals surface area contributed by atoms with Crippen LogP contribution in [0.2, 0.25) is 5.02 Å². The molecule has 2 aromatic carbocycles. The van der Waals surface area contributed by atoms with Gasteiger partial charge in [-0.15, -0.1) is 0 Å². The van der Waals surface area contributed by atoms with Gasteiger partial charge < -0.3 is 5.32 Å². The molecule has 1 aliphatic carbocycles. The molecule has 2 aromatic rings. The van der Waals surface area contributed by atoms with Gasteiger partial charge in [0.1, 0.15) is 0 Å². The zero-order chi connectivity index (χ0) is 18.9. The molecule has 0 unspecified atom stereocenters. The summed E-state index contributed by atoms with van der Waals surface area (Å²) in [5.74, 6) is -0.446. The smallest absolute Gasteiger partial charge is 0.246 e. The molecule has 1 aliphatic rings. The van der Waals surface area contributed by atoms with Crippen LogP contribution in [0.25, 0.3) is 0 Å². The van der Waals surface area contributed by atoms with Crippen LogP contribution in [-0.2, 0) is 14.6 Å². The second kappa shape index (κ2) is 7.05.